The molecular weight excluding hydrogens is 590 g/mol. The van der Waals surface area contributed by atoms with E-state index in [0.717, 1.165) is 22.3 Å². The molecule has 1 saturated heterocycles. The lowest BCUT2D eigenvalue weighted by molar-refractivity contribution is -0.152. The van der Waals surface area contributed by atoms with Crippen LogP contribution < -0.4 is 10.1 Å². The molecule has 0 saturated carbocycles. The van der Waals surface area contributed by atoms with Crippen molar-refractivity contribution in [2.75, 3.05) is 20.3 Å². The molecule has 3 atom stereocenters. The van der Waals surface area contributed by atoms with Gasteiger partial charge in [0, 0.05) is 17.5 Å². The Kier molecular flexibility index (Phi) is 9.24. The molecule has 234 valence electrons. The lowest BCUT2D eigenvalue weighted by Crippen LogP contribution is -2.56. The highest BCUT2D eigenvalue weighted by atomic mass is 32.1. The van der Waals surface area contributed by atoms with Crippen LogP contribution in [0.2, 0.25) is 0 Å². The Morgan fingerprint density at radius 1 is 1.09 bits per heavy atom. The number of methoxy groups -OCH3 is 1. The molecule has 2 aliphatic rings. The summed E-state index contributed by atoms with van der Waals surface area (Å²) in [6, 6.07) is 13.7. The monoisotopic (exact) mass is 627 g/mol. The van der Waals surface area contributed by atoms with Crippen molar-refractivity contribution < 1.29 is 28.7 Å². The number of carbonyl (C=O) groups is 3. The van der Waals surface area contributed by atoms with E-state index in [1.54, 1.807) is 23.6 Å². The zero-order chi connectivity index (χ0) is 32.3. The number of esters is 1. The molecule has 1 fully saturated rings. The summed E-state index contributed by atoms with van der Waals surface area (Å²) in [6.45, 7) is 13.5. The molecule has 5 rings (SSSR count). The van der Waals surface area contributed by atoms with Crippen LogP contribution in [0.4, 0.5) is 0 Å². The first-order valence-corrected chi connectivity index (χ1v) is 15.6. The Labute approximate surface area is 267 Å². The van der Waals surface area contributed by atoms with Gasteiger partial charge in [0.2, 0.25) is 5.91 Å². The van der Waals surface area contributed by atoms with Crippen LogP contribution in [0.1, 0.15) is 53.6 Å². The summed E-state index contributed by atoms with van der Waals surface area (Å²) in [5, 5.41) is 9.31. The fraction of sp³-hybridized carbons (Fsp3) is 0.314. The summed E-state index contributed by atoms with van der Waals surface area (Å²) >= 11 is 1.27. The van der Waals surface area contributed by atoms with Crippen molar-refractivity contribution in [3.63, 3.8) is 0 Å². The number of ether oxygens (including phenoxy) is 2. The van der Waals surface area contributed by atoms with E-state index in [0.29, 0.717) is 28.5 Å². The van der Waals surface area contributed by atoms with Gasteiger partial charge >= 0.3 is 5.97 Å². The number of hydrogen-bond acceptors (Lipinski definition) is 8. The van der Waals surface area contributed by atoms with Crippen LogP contribution in [0, 0.1) is 5.41 Å². The van der Waals surface area contributed by atoms with Crippen molar-refractivity contribution >= 4 is 40.9 Å². The SMILES string of the molecule is C=CCOc1ccc2c(c1)C(=NO[C@@H]1C[C@@H](C(=O)OC)N(C(=O)[C@@H](NC(=O)c3sccc3C=C)C(C)(C)C)C1)c1ccccc1-2. The molecule has 9 nitrogen and oxygen atoms in total. The van der Waals surface area contributed by atoms with Gasteiger partial charge in [-0.3, -0.25) is 9.59 Å². The summed E-state index contributed by atoms with van der Waals surface area (Å²) in [4.78, 5) is 48.3. The lowest BCUT2D eigenvalue weighted by atomic mass is 9.85. The normalized spacial score (nSPS) is 18.5. The van der Waals surface area contributed by atoms with E-state index in [1.165, 1.54) is 23.3 Å². The molecule has 1 aliphatic carbocycles. The van der Waals surface area contributed by atoms with E-state index in [9.17, 15) is 14.4 Å². The van der Waals surface area contributed by atoms with Gasteiger partial charge < -0.3 is 24.5 Å². The summed E-state index contributed by atoms with van der Waals surface area (Å²) in [5.41, 5.74) is 4.45. The van der Waals surface area contributed by atoms with Crippen LogP contribution >= 0.6 is 11.3 Å². The van der Waals surface area contributed by atoms with Gasteiger partial charge in [-0.15, -0.1) is 11.3 Å². The summed E-state index contributed by atoms with van der Waals surface area (Å²) < 4.78 is 10.8. The minimum Gasteiger partial charge on any atom is -0.490 e. The van der Waals surface area contributed by atoms with Gasteiger partial charge in [0.25, 0.3) is 5.91 Å². The van der Waals surface area contributed by atoms with E-state index in [2.05, 4.69) is 23.6 Å². The van der Waals surface area contributed by atoms with Gasteiger partial charge in [-0.05, 0) is 51.8 Å². The fourth-order valence-electron chi connectivity index (χ4n) is 5.65. The first kappa shape index (κ1) is 31.7. The number of rotatable bonds is 10. The molecular formula is C35H37N3O6S. The fourth-order valence-corrected chi connectivity index (χ4v) is 6.45. The van der Waals surface area contributed by atoms with E-state index < -0.39 is 35.5 Å². The number of nitrogens with one attached hydrogen (secondary N) is 1. The molecule has 2 heterocycles. The molecule has 0 bridgehead atoms. The molecule has 2 aromatic carbocycles. The smallest absolute Gasteiger partial charge is 0.328 e. The minimum absolute atomic E-state index is 0.0890. The Morgan fingerprint density at radius 2 is 1.82 bits per heavy atom. The summed E-state index contributed by atoms with van der Waals surface area (Å²) in [7, 11) is 1.29. The van der Waals surface area contributed by atoms with Crippen molar-refractivity contribution in [3.8, 4) is 16.9 Å². The number of benzene rings is 2. The second-order valence-corrected chi connectivity index (χ2v) is 12.9. The average Bonchev–Trinajstić information content (AvgIpc) is 3.76. The molecule has 1 N–H and O–H groups in total. The lowest BCUT2D eigenvalue weighted by Gasteiger charge is -2.35. The molecule has 1 aliphatic heterocycles. The maximum Gasteiger partial charge on any atom is 0.328 e. The molecule has 2 amide bonds. The zero-order valence-corrected chi connectivity index (χ0v) is 26.7. The number of amides is 2. The van der Waals surface area contributed by atoms with Crippen LogP contribution in [-0.2, 0) is 19.2 Å². The number of thiophene rings is 1. The van der Waals surface area contributed by atoms with Gasteiger partial charge in [-0.25, -0.2) is 4.79 Å². The molecule has 45 heavy (non-hydrogen) atoms. The van der Waals surface area contributed by atoms with Crippen molar-refractivity contribution in [2.45, 2.75) is 45.4 Å². The van der Waals surface area contributed by atoms with Gasteiger partial charge in [0.05, 0.1) is 18.5 Å². The van der Waals surface area contributed by atoms with Crippen molar-refractivity contribution in [3.05, 3.63) is 94.7 Å². The van der Waals surface area contributed by atoms with Gasteiger partial charge in [0.1, 0.15) is 36.3 Å². The van der Waals surface area contributed by atoms with Crippen LogP contribution in [0.15, 0.2) is 78.3 Å². The highest BCUT2D eigenvalue weighted by molar-refractivity contribution is 7.12. The predicted molar refractivity (Wildman–Crippen MR) is 175 cm³/mol. The molecule has 0 spiro atoms. The van der Waals surface area contributed by atoms with Gasteiger partial charge in [-0.1, -0.05) is 75.5 Å². The van der Waals surface area contributed by atoms with Crippen molar-refractivity contribution in [1.82, 2.24) is 10.2 Å². The standard InChI is InChI=1S/C35H37N3O6S/c1-7-16-43-22-13-14-25-24-11-9-10-12-26(24)29(27(25)18-22)37-44-23-19-28(34(41)42-6)38(20-23)33(40)31(35(3,4)5)36-32(39)30-21(8-2)15-17-45-30/h7-15,17-18,23,28,31H,1-2,16,19-20H2,3-6H3,(H,36,39)/t23-,28+,31-/m1/s1. The summed E-state index contributed by atoms with van der Waals surface area (Å²) in [6.07, 6.45) is 2.87. The third-order valence-electron chi connectivity index (χ3n) is 7.91. The molecule has 0 unspecified atom stereocenters. The van der Waals surface area contributed by atoms with Crippen LogP contribution in [0.3, 0.4) is 0 Å². The van der Waals surface area contributed by atoms with E-state index >= 15 is 0 Å². The topological polar surface area (TPSA) is 107 Å². The average molecular weight is 628 g/mol. The highest BCUT2D eigenvalue weighted by Gasteiger charge is 2.46. The molecule has 10 heteroatoms. The van der Waals surface area contributed by atoms with Crippen molar-refractivity contribution in [2.24, 2.45) is 10.6 Å². The van der Waals surface area contributed by atoms with Crippen LogP contribution in [0.25, 0.3) is 17.2 Å². The number of oxime groups is 1. The van der Waals surface area contributed by atoms with Crippen molar-refractivity contribution in [1.29, 1.82) is 0 Å². The number of likely N-dealkylation sites (tertiary alicyclic amines) is 1. The van der Waals surface area contributed by atoms with Gasteiger partial charge in [0.15, 0.2) is 0 Å². The maximum atomic E-state index is 14.1. The maximum absolute atomic E-state index is 14.1. The van der Waals surface area contributed by atoms with E-state index in [4.69, 9.17) is 14.3 Å². The second-order valence-electron chi connectivity index (χ2n) is 12.0. The third-order valence-corrected chi connectivity index (χ3v) is 8.84. The Balaban J connectivity index is 1.41. The van der Waals surface area contributed by atoms with E-state index in [-0.39, 0.29) is 18.9 Å². The molecule has 0 radical (unpaired) electrons. The predicted octanol–water partition coefficient (Wildman–Crippen LogP) is 5.69. The zero-order valence-electron chi connectivity index (χ0n) is 25.9. The van der Waals surface area contributed by atoms with Crippen LogP contribution in [0.5, 0.6) is 5.75 Å². The molecule has 1 aromatic heterocycles. The van der Waals surface area contributed by atoms with E-state index in [1.807, 2.05) is 63.2 Å². The Morgan fingerprint density at radius 3 is 2.51 bits per heavy atom. The largest absolute Gasteiger partial charge is 0.490 e. The number of carbonyl (C=O) groups excluding carboxylic acids is 3. The quantitative estimate of drug-likeness (QED) is 0.138. The third kappa shape index (κ3) is 6.42. The Bertz CT molecular complexity index is 1670. The molecule has 3 aromatic rings. The number of fused-ring (bicyclic) bond motifs is 3. The highest BCUT2D eigenvalue weighted by Crippen LogP contribution is 2.39. The minimum atomic E-state index is -0.926. The first-order chi connectivity index (χ1) is 21.6. The Hall–Kier alpha value is -4.70. The van der Waals surface area contributed by atoms with Crippen LogP contribution in [-0.4, -0.2) is 66.8 Å². The first-order valence-electron chi connectivity index (χ1n) is 14.7. The summed E-state index contributed by atoms with van der Waals surface area (Å²) in [5.74, 6) is -0.664. The second kappa shape index (κ2) is 13.1. The number of hydrogen-bond donors (Lipinski definition) is 1. The van der Waals surface area contributed by atoms with Gasteiger partial charge in [-0.2, -0.15) is 0 Å². The number of nitrogens with zero attached hydrogens (tertiary/aromatic N) is 2.